The van der Waals surface area contributed by atoms with E-state index in [-0.39, 0.29) is 115 Å². The molecule has 0 saturated heterocycles. The fourth-order valence-corrected chi connectivity index (χ4v) is 8.47. The van der Waals surface area contributed by atoms with Crippen LogP contribution in [0.25, 0.3) is 22.1 Å². The van der Waals surface area contributed by atoms with E-state index in [1.54, 1.807) is 76.7 Å². The van der Waals surface area contributed by atoms with Gasteiger partial charge in [-0.15, -0.1) is 0 Å². The van der Waals surface area contributed by atoms with Crippen LogP contribution in [0.3, 0.4) is 0 Å². The minimum atomic E-state index is -1.29. The van der Waals surface area contributed by atoms with Gasteiger partial charge in [-0.3, -0.25) is 44.2 Å². The van der Waals surface area contributed by atoms with Gasteiger partial charge in [0.15, 0.2) is 11.8 Å². The Bertz CT molecular complexity index is 3450. The molecule has 7 amide bonds. The average molecular weight is 1150 g/mol. The zero-order chi connectivity index (χ0) is 61.1. The lowest BCUT2D eigenvalue weighted by atomic mass is 10.1. The first-order chi connectivity index (χ1) is 39.1. The second-order valence-corrected chi connectivity index (χ2v) is 20.9. The first kappa shape index (κ1) is 62.9. The van der Waals surface area contributed by atoms with Crippen LogP contribution in [0, 0.1) is 13.8 Å². The fraction of sp³-hybridized carbons (Fsp3) is 0.455. The zero-order valence-electron chi connectivity index (χ0n) is 48.3. The van der Waals surface area contributed by atoms with Gasteiger partial charge in [-0.1, -0.05) is 26.0 Å². The number of alkyl carbamates (subject to hydrolysis) is 1. The van der Waals surface area contributed by atoms with Crippen molar-refractivity contribution in [2.24, 2.45) is 17.2 Å². The molecule has 2 aromatic carbocycles. The van der Waals surface area contributed by atoms with Crippen LogP contribution in [-0.2, 0) is 49.8 Å². The smallest absolute Gasteiger partial charge is 0.408 e. The number of rotatable bonds is 26. The molecule has 446 valence electrons. The second kappa shape index (κ2) is 27.0. The van der Waals surface area contributed by atoms with Gasteiger partial charge >= 0.3 is 12.1 Å². The number of anilines is 2. The molecular weight excluding hydrogens is 1080 g/mol. The molecule has 0 bridgehead atoms. The van der Waals surface area contributed by atoms with Crippen molar-refractivity contribution in [2.75, 3.05) is 37.4 Å². The SMILES string of the molecule is CCc1nc(C)oc1C(=O)Nc1nc2cc(C(N)=O)cc(OC)c2n1C/C=C/Cn1c(NC(=O)c2oc(C)nc2CC)nc2cc(C(N)=O)cc(OCCCNC(=O)[C@@H](CCC(=O)OC(C)(C)C)NC(=O)[C@@H](CN)NC(=O)OC(C)(C)C)c21. The lowest BCUT2D eigenvalue weighted by molar-refractivity contribution is -0.155. The number of carbonyl (C=O) groups is 8. The van der Waals surface area contributed by atoms with Crippen molar-refractivity contribution in [3.8, 4) is 11.5 Å². The molecule has 0 fully saturated rings. The van der Waals surface area contributed by atoms with Crippen LogP contribution in [0.15, 0.2) is 45.3 Å². The van der Waals surface area contributed by atoms with E-state index in [9.17, 15) is 38.4 Å². The molecule has 4 heterocycles. The molecule has 6 rings (SSSR count). The number of imidazole rings is 2. The molecule has 28 nitrogen and oxygen atoms in total. The molecule has 0 spiro atoms. The molecule has 6 aromatic rings. The molecule has 2 atom stereocenters. The molecule has 0 aliphatic rings. The number of fused-ring (bicyclic) bond motifs is 2. The topological polar surface area (TPSA) is 399 Å². The largest absolute Gasteiger partial charge is 0.494 e. The molecule has 0 aliphatic heterocycles. The summed E-state index contributed by atoms with van der Waals surface area (Å²) in [6.45, 7) is 16.4. The van der Waals surface area contributed by atoms with Gasteiger partial charge in [0, 0.05) is 57.6 Å². The summed E-state index contributed by atoms with van der Waals surface area (Å²) in [6.07, 6.45) is 3.06. The first-order valence-corrected chi connectivity index (χ1v) is 26.7. The normalized spacial score (nSPS) is 12.4. The molecule has 0 saturated carbocycles. The third-order valence-electron chi connectivity index (χ3n) is 12.1. The van der Waals surface area contributed by atoms with Gasteiger partial charge in [-0.2, -0.15) is 0 Å². The number of carbonyl (C=O) groups excluding carboxylic acids is 8. The molecule has 11 N–H and O–H groups in total. The number of primary amides is 2. The highest BCUT2D eigenvalue weighted by molar-refractivity contribution is 6.05. The Kier molecular flexibility index (Phi) is 20.4. The van der Waals surface area contributed by atoms with Crippen LogP contribution < -0.4 is 53.3 Å². The van der Waals surface area contributed by atoms with E-state index >= 15 is 0 Å². The number of aromatic nitrogens is 6. The van der Waals surface area contributed by atoms with Gasteiger partial charge in [0.05, 0.1) is 36.1 Å². The van der Waals surface area contributed by atoms with E-state index in [0.29, 0.717) is 41.2 Å². The molecule has 0 unspecified atom stereocenters. The molecular formula is C55H72N14O14. The Hall–Kier alpha value is -9.34. The average Bonchev–Trinajstić information content (AvgIpc) is 4.34. The maximum Gasteiger partial charge on any atom is 0.408 e. The summed E-state index contributed by atoms with van der Waals surface area (Å²) in [5, 5.41) is 13.4. The summed E-state index contributed by atoms with van der Waals surface area (Å²) in [4.78, 5) is 123. The highest BCUT2D eigenvalue weighted by Gasteiger charge is 2.30. The predicted octanol–water partition coefficient (Wildman–Crippen LogP) is 4.41. The van der Waals surface area contributed by atoms with Crippen LogP contribution in [-0.4, -0.2) is 127 Å². The highest BCUT2D eigenvalue weighted by Crippen LogP contribution is 2.33. The number of ether oxygens (including phenoxy) is 4. The van der Waals surface area contributed by atoms with Gasteiger partial charge in [-0.05, 0) is 91.5 Å². The van der Waals surface area contributed by atoms with Crippen molar-refractivity contribution >= 4 is 81.5 Å². The Labute approximate surface area is 477 Å². The first-order valence-electron chi connectivity index (χ1n) is 26.7. The number of oxazole rings is 2. The van der Waals surface area contributed by atoms with Crippen molar-refractivity contribution < 1.29 is 66.1 Å². The van der Waals surface area contributed by atoms with E-state index in [1.165, 1.54) is 31.4 Å². The number of benzene rings is 2. The Morgan fingerprint density at radius 3 is 1.63 bits per heavy atom. The number of methoxy groups -OCH3 is 1. The van der Waals surface area contributed by atoms with Gasteiger partial charge in [0.1, 0.15) is 45.8 Å². The number of hydrogen-bond acceptors (Lipinski definition) is 19. The highest BCUT2D eigenvalue weighted by atomic mass is 16.6. The summed E-state index contributed by atoms with van der Waals surface area (Å²) >= 11 is 0. The Morgan fingerprint density at radius 2 is 1.17 bits per heavy atom. The van der Waals surface area contributed by atoms with Crippen LogP contribution in [0.2, 0.25) is 0 Å². The van der Waals surface area contributed by atoms with Gasteiger partial charge in [0.2, 0.25) is 47.0 Å². The summed E-state index contributed by atoms with van der Waals surface area (Å²) in [5.74, 6) is -4.04. The third kappa shape index (κ3) is 16.4. The number of allylic oxidation sites excluding steroid dienone is 2. The minimum absolute atomic E-state index is 0.00195. The Morgan fingerprint density at radius 1 is 0.675 bits per heavy atom. The van der Waals surface area contributed by atoms with Crippen LogP contribution in [0.4, 0.5) is 16.7 Å². The summed E-state index contributed by atoms with van der Waals surface area (Å²) in [6, 6.07) is 3.18. The van der Waals surface area contributed by atoms with Gasteiger partial charge in [0.25, 0.3) is 11.8 Å². The number of esters is 1. The number of hydrogen-bond donors (Lipinski definition) is 8. The minimum Gasteiger partial charge on any atom is -0.494 e. The van der Waals surface area contributed by atoms with Crippen molar-refractivity contribution in [2.45, 2.75) is 138 Å². The predicted molar refractivity (Wildman–Crippen MR) is 302 cm³/mol. The Balaban J connectivity index is 1.29. The van der Waals surface area contributed by atoms with Crippen molar-refractivity contribution in [1.82, 2.24) is 45.0 Å². The number of nitrogens with zero attached hydrogens (tertiary/aromatic N) is 6. The lowest BCUT2D eigenvalue weighted by Crippen LogP contribution is -2.56. The van der Waals surface area contributed by atoms with Crippen LogP contribution in [0.5, 0.6) is 11.5 Å². The molecule has 4 aromatic heterocycles. The fourth-order valence-electron chi connectivity index (χ4n) is 8.47. The maximum absolute atomic E-state index is 13.9. The van der Waals surface area contributed by atoms with Crippen LogP contribution >= 0.6 is 0 Å². The maximum atomic E-state index is 13.9. The molecule has 0 radical (unpaired) electrons. The van der Waals surface area contributed by atoms with Crippen molar-refractivity contribution in [3.05, 3.63) is 82.2 Å². The monoisotopic (exact) mass is 1150 g/mol. The van der Waals surface area contributed by atoms with E-state index in [2.05, 4.69) is 41.5 Å². The summed E-state index contributed by atoms with van der Waals surface area (Å²) < 4.78 is 37.3. The number of aryl methyl sites for hydroxylation is 4. The molecule has 0 aliphatic carbocycles. The van der Waals surface area contributed by atoms with Gasteiger partial charge < -0.3 is 70.1 Å². The van der Waals surface area contributed by atoms with E-state index in [1.807, 2.05) is 13.8 Å². The van der Waals surface area contributed by atoms with E-state index in [0.717, 1.165) is 0 Å². The summed E-state index contributed by atoms with van der Waals surface area (Å²) in [5.41, 5.74) is 17.7. The van der Waals surface area contributed by atoms with Gasteiger partial charge in [-0.25, -0.2) is 24.7 Å². The molecule has 83 heavy (non-hydrogen) atoms. The summed E-state index contributed by atoms with van der Waals surface area (Å²) in [7, 11) is 1.41. The quantitative estimate of drug-likeness (QED) is 0.0212. The third-order valence-corrected chi connectivity index (χ3v) is 12.1. The number of amides is 7. The van der Waals surface area contributed by atoms with E-state index < -0.39 is 70.8 Å². The van der Waals surface area contributed by atoms with Crippen molar-refractivity contribution in [1.29, 1.82) is 0 Å². The molecule has 28 heteroatoms. The zero-order valence-corrected chi connectivity index (χ0v) is 48.3. The lowest BCUT2D eigenvalue weighted by Gasteiger charge is -2.25. The standard InChI is InChI=1S/C55H72N14O14/c1-12-32-43(80-28(3)60-32)49(75)66-51-63-35-23-30(45(57)71)25-38(78-11)41(35)68(51)20-14-15-21-69-42-36(64-52(69)67-50(76)44-33(13-2)61-29(4)81-44)24-31(46(58)72)26-39(42)79-22-16-19-59-47(73)34(17-18-40(70)82-54(5,6)7)62-48(74)37(27-56)65-53(77)83-55(8,9)10/h14-15,23-26,34,37H,12-13,16-22,27,56H2,1-11H3,(H2,57,71)(H2,58,72)(H,59,73)(H,62,74)(H,65,77)(H,63,66,75)(H,64,67,76)/b15-14+/t34-,37-/m1/s1. The number of nitrogens with two attached hydrogens (primary N) is 3. The van der Waals surface area contributed by atoms with Crippen molar-refractivity contribution in [3.63, 3.8) is 0 Å². The van der Waals surface area contributed by atoms with Crippen LogP contribution in [0.1, 0.15) is 140 Å². The number of nitrogens with one attached hydrogen (secondary N) is 5. The van der Waals surface area contributed by atoms with E-state index in [4.69, 9.17) is 50.0 Å². The second-order valence-electron chi connectivity index (χ2n) is 20.9.